The zero-order valence-electron chi connectivity index (χ0n) is 11.2. The number of piperidine rings is 1. The fourth-order valence-corrected chi connectivity index (χ4v) is 2.52. The number of likely N-dealkylation sites (tertiary alicyclic amines) is 1. The van der Waals surface area contributed by atoms with Crippen LogP contribution >= 0.6 is 11.6 Å². The first-order valence-electron chi connectivity index (χ1n) is 6.94. The Morgan fingerprint density at radius 2 is 1.89 bits per heavy atom. The van der Waals surface area contributed by atoms with Crippen molar-refractivity contribution < 1.29 is 9.13 Å². The van der Waals surface area contributed by atoms with Crippen molar-refractivity contribution in [1.29, 1.82) is 0 Å². The maximum Gasteiger partial charge on any atom is 0.123 e. The molecular weight excluding hydrogens is 265 g/mol. The van der Waals surface area contributed by atoms with Crippen LogP contribution in [0.5, 0.6) is 5.75 Å². The average molecular weight is 286 g/mol. The molecule has 1 saturated heterocycles. The molecule has 1 fully saturated rings. The standard InChI is InChI=1S/C15H21ClFNO/c16-8-1-9-18-10-6-13(7-11-18)12-19-15-4-2-14(17)3-5-15/h2-5,13H,1,6-12H2. The molecule has 0 bridgehead atoms. The monoisotopic (exact) mass is 285 g/mol. The minimum atomic E-state index is -0.222. The normalized spacial score (nSPS) is 17.6. The lowest BCUT2D eigenvalue weighted by Gasteiger charge is -2.31. The Balaban J connectivity index is 1.67. The van der Waals surface area contributed by atoms with Crippen LogP contribution in [0.25, 0.3) is 0 Å². The van der Waals surface area contributed by atoms with Crippen molar-refractivity contribution in [1.82, 2.24) is 4.90 Å². The van der Waals surface area contributed by atoms with Crippen molar-refractivity contribution in [3.05, 3.63) is 30.1 Å². The van der Waals surface area contributed by atoms with Crippen LogP contribution < -0.4 is 4.74 Å². The van der Waals surface area contributed by atoms with Gasteiger partial charge in [0.05, 0.1) is 6.61 Å². The summed E-state index contributed by atoms with van der Waals surface area (Å²) in [4.78, 5) is 2.47. The quantitative estimate of drug-likeness (QED) is 0.741. The highest BCUT2D eigenvalue weighted by Gasteiger charge is 2.19. The molecule has 2 rings (SSSR count). The van der Waals surface area contributed by atoms with Gasteiger partial charge in [-0.15, -0.1) is 11.6 Å². The predicted molar refractivity (Wildman–Crippen MR) is 76.4 cm³/mol. The highest BCUT2D eigenvalue weighted by Crippen LogP contribution is 2.19. The van der Waals surface area contributed by atoms with Gasteiger partial charge in [-0.2, -0.15) is 0 Å². The van der Waals surface area contributed by atoms with Gasteiger partial charge in [-0.3, -0.25) is 0 Å². The minimum Gasteiger partial charge on any atom is -0.493 e. The van der Waals surface area contributed by atoms with E-state index in [4.69, 9.17) is 16.3 Å². The predicted octanol–water partition coefficient (Wildman–Crippen LogP) is 3.55. The molecule has 2 nitrogen and oxygen atoms in total. The van der Waals surface area contributed by atoms with Gasteiger partial charge in [0.2, 0.25) is 0 Å². The molecular formula is C15H21ClFNO. The molecule has 19 heavy (non-hydrogen) atoms. The van der Waals surface area contributed by atoms with Gasteiger partial charge in [0.15, 0.2) is 0 Å². The van der Waals surface area contributed by atoms with Crippen LogP contribution in [0.3, 0.4) is 0 Å². The largest absolute Gasteiger partial charge is 0.493 e. The zero-order valence-corrected chi connectivity index (χ0v) is 11.9. The summed E-state index contributed by atoms with van der Waals surface area (Å²) in [5.41, 5.74) is 0. The molecule has 0 spiro atoms. The van der Waals surface area contributed by atoms with Crippen LogP contribution in [0.4, 0.5) is 4.39 Å². The van der Waals surface area contributed by atoms with Gasteiger partial charge in [-0.25, -0.2) is 4.39 Å². The molecule has 0 radical (unpaired) electrons. The Bertz CT molecular complexity index is 363. The second-order valence-electron chi connectivity index (χ2n) is 5.09. The van der Waals surface area contributed by atoms with Crippen LogP contribution in [0.15, 0.2) is 24.3 Å². The summed E-state index contributed by atoms with van der Waals surface area (Å²) in [5.74, 6) is 1.89. The summed E-state index contributed by atoms with van der Waals surface area (Å²) in [6, 6.07) is 6.24. The van der Waals surface area contributed by atoms with Crippen molar-refractivity contribution in [3.8, 4) is 5.75 Å². The molecule has 0 aliphatic carbocycles. The van der Waals surface area contributed by atoms with E-state index in [9.17, 15) is 4.39 Å². The van der Waals surface area contributed by atoms with Crippen LogP contribution in [-0.4, -0.2) is 37.0 Å². The molecule has 4 heteroatoms. The number of alkyl halides is 1. The molecule has 0 saturated carbocycles. The average Bonchev–Trinajstić information content (AvgIpc) is 2.46. The van der Waals surface area contributed by atoms with Gasteiger partial charge < -0.3 is 9.64 Å². The van der Waals surface area contributed by atoms with Gasteiger partial charge in [-0.05, 0) is 69.1 Å². The van der Waals surface area contributed by atoms with E-state index < -0.39 is 0 Å². The number of ether oxygens (including phenoxy) is 1. The van der Waals surface area contributed by atoms with Gasteiger partial charge >= 0.3 is 0 Å². The molecule has 0 atom stereocenters. The van der Waals surface area contributed by atoms with E-state index in [-0.39, 0.29) is 5.82 Å². The summed E-state index contributed by atoms with van der Waals surface area (Å²) < 4.78 is 18.5. The van der Waals surface area contributed by atoms with Crippen molar-refractivity contribution >= 4 is 11.6 Å². The molecule has 0 unspecified atom stereocenters. The zero-order chi connectivity index (χ0) is 13.5. The summed E-state index contributed by atoms with van der Waals surface area (Å²) in [7, 11) is 0. The molecule has 1 aliphatic heterocycles. The molecule has 0 amide bonds. The number of hydrogen-bond acceptors (Lipinski definition) is 2. The summed E-state index contributed by atoms with van der Waals surface area (Å²) in [6.07, 6.45) is 3.41. The number of nitrogens with zero attached hydrogens (tertiary/aromatic N) is 1. The summed E-state index contributed by atoms with van der Waals surface area (Å²) >= 11 is 5.70. The maximum atomic E-state index is 12.8. The van der Waals surface area contributed by atoms with E-state index in [2.05, 4.69) is 4.90 Å². The first-order valence-corrected chi connectivity index (χ1v) is 7.48. The molecule has 0 aromatic heterocycles. The number of benzene rings is 1. The third kappa shape index (κ3) is 5.00. The number of hydrogen-bond donors (Lipinski definition) is 0. The Kier molecular flexibility index (Phi) is 5.93. The van der Waals surface area contributed by atoms with Crippen molar-refractivity contribution in [3.63, 3.8) is 0 Å². The van der Waals surface area contributed by atoms with Crippen molar-refractivity contribution in [2.45, 2.75) is 19.3 Å². The van der Waals surface area contributed by atoms with Crippen LogP contribution in [0, 0.1) is 11.7 Å². The van der Waals surface area contributed by atoms with E-state index in [1.165, 1.54) is 25.0 Å². The van der Waals surface area contributed by atoms with E-state index >= 15 is 0 Å². The Morgan fingerprint density at radius 3 is 2.53 bits per heavy atom. The van der Waals surface area contributed by atoms with Gasteiger partial charge in [0.1, 0.15) is 11.6 Å². The Hall–Kier alpha value is -0.800. The third-order valence-electron chi connectivity index (χ3n) is 3.61. The first-order chi connectivity index (χ1) is 9.28. The van der Waals surface area contributed by atoms with E-state index in [1.54, 1.807) is 12.1 Å². The van der Waals surface area contributed by atoms with Crippen LogP contribution in [0.2, 0.25) is 0 Å². The molecule has 1 aromatic carbocycles. The third-order valence-corrected chi connectivity index (χ3v) is 3.88. The van der Waals surface area contributed by atoms with Crippen LogP contribution in [0.1, 0.15) is 19.3 Å². The van der Waals surface area contributed by atoms with E-state index in [0.29, 0.717) is 5.92 Å². The number of rotatable bonds is 6. The molecule has 1 aromatic rings. The molecule has 0 N–H and O–H groups in total. The number of halogens is 2. The Morgan fingerprint density at radius 1 is 1.21 bits per heavy atom. The highest BCUT2D eigenvalue weighted by atomic mass is 35.5. The van der Waals surface area contributed by atoms with E-state index in [1.807, 2.05) is 0 Å². The lowest BCUT2D eigenvalue weighted by Crippen LogP contribution is -2.36. The molecule has 106 valence electrons. The van der Waals surface area contributed by atoms with E-state index in [0.717, 1.165) is 44.3 Å². The van der Waals surface area contributed by atoms with Crippen LogP contribution in [-0.2, 0) is 0 Å². The summed E-state index contributed by atoms with van der Waals surface area (Å²) in [6.45, 7) is 4.10. The molecule has 1 aliphatic rings. The summed E-state index contributed by atoms with van der Waals surface area (Å²) in [5, 5.41) is 0. The lowest BCUT2D eigenvalue weighted by molar-refractivity contribution is 0.141. The lowest BCUT2D eigenvalue weighted by atomic mass is 9.98. The molecule has 1 heterocycles. The second kappa shape index (κ2) is 7.71. The smallest absolute Gasteiger partial charge is 0.123 e. The van der Waals surface area contributed by atoms with Gasteiger partial charge in [-0.1, -0.05) is 0 Å². The van der Waals surface area contributed by atoms with Crippen molar-refractivity contribution in [2.24, 2.45) is 5.92 Å². The minimum absolute atomic E-state index is 0.222. The first kappa shape index (κ1) is 14.6. The van der Waals surface area contributed by atoms with Crippen molar-refractivity contribution in [2.75, 3.05) is 32.1 Å². The highest BCUT2D eigenvalue weighted by molar-refractivity contribution is 6.17. The Labute approximate surface area is 119 Å². The fraction of sp³-hybridized carbons (Fsp3) is 0.600. The second-order valence-corrected chi connectivity index (χ2v) is 5.47. The van der Waals surface area contributed by atoms with Gasteiger partial charge in [0, 0.05) is 5.88 Å². The topological polar surface area (TPSA) is 12.5 Å². The van der Waals surface area contributed by atoms with Gasteiger partial charge in [0.25, 0.3) is 0 Å². The maximum absolute atomic E-state index is 12.8. The SMILES string of the molecule is Fc1ccc(OCC2CCN(CCCCl)CC2)cc1. The fourth-order valence-electron chi connectivity index (χ4n) is 2.40.